The Bertz CT molecular complexity index is 464. The van der Waals surface area contributed by atoms with Gasteiger partial charge in [0.15, 0.2) is 0 Å². The third kappa shape index (κ3) is 5.11. The van der Waals surface area contributed by atoms with Gasteiger partial charge in [-0.3, -0.25) is 4.79 Å². The minimum atomic E-state index is -0.0731. The van der Waals surface area contributed by atoms with Crippen LogP contribution in [0.4, 0.5) is 5.69 Å². The zero-order valence-electron chi connectivity index (χ0n) is 11.1. The molecule has 2 rings (SSSR count). The van der Waals surface area contributed by atoms with Gasteiger partial charge in [0.2, 0.25) is 5.91 Å². The predicted octanol–water partition coefficient (Wildman–Crippen LogP) is 4.70. The number of phenols is 1. The maximum absolute atomic E-state index is 11.8. The van der Waals surface area contributed by atoms with E-state index in [0.717, 1.165) is 18.1 Å². The Labute approximate surface area is 132 Å². The van der Waals surface area contributed by atoms with E-state index < -0.39 is 0 Å². The molecule has 1 unspecified atom stereocenters. The maximum Gasteiger partial charge on any atom is 0.224 e. The minimum Gasteiger partial charge on any atom is -0.506 e. The number of unbranched alkanes of at least 4 members (excludes halogenated alkanes) is 1. The summed E-state index contributed by atoms with van der Waals surface area (Å²) in [5.74, 6) is 1.22. The average molecular weight is 332 g/mol. The molecule has 2 N–H and O–H groups in total. The highest BCUT2D eigenvalue weighted by atomic mass is 35.5. The van der Waals surface area contributed by atoms with Crippen molar-refractivity contribution in [2.24, 2.45) is 0 Å². The number of amides is 1. The fourth-order valence-electron chi connectivity index (χ4n) is 2.04. The molecular formula is C14H18ClNO2S2. The number of nitrogens with one attached hydrogen (secondary N) is 1. The summed E-state index contributed by atoms with van der Waals surface area (Å²) in [7, 11) is 3.92. The Balaban J connectivity index is 1.68. The molecule has 6 heteroatoms. The van der Waals surface area contributed by atoms with Crippen LogP contribution in [0.5, 0.6) is 5.75 Å². The van der Waals surface area contributed by atoms with Gasteiger partial charge < -0.3 is 10.4 Å². The van der Waals surface area contributed by atoms with E-state index in [1.807, 2.05) is 21.6 Å². The van der Waals surface area contributed by atoms with E-state index >= 15 is 0 Å². The van der Waals surface area contributed by atoms with E-state index in [1.165, 1.54) is 24.7 Å². The molecule has 0 aromatic heterocycles. The number of phenolic OH excluding ortho intramolecular Hbond substituents is 1. The van der Waals surface area contributed by atoms with Gasteiger partial charge in [0.1, 0.15) is 5.75 Å². The standard InChI is InChI=1S/C14H18ClNO2S2/c15-10-5-6-13(17)12(9-10)16-14(18)4-2-1-3-11-7-8-19-20-11/h5-6,9,11,17H,1-4,7-8H2,(H,16,18). The van der Waals surface area contributed by atoms with Gasteiger partial charge in [-0.1, -0.05) is 39.6 Å². The number of halogens is 1. The van der Waals surface area contributed by atoms with E-state index in [2.05, 4.69) is 5.32 Å². The van der Waals surface area contributed by atoms with Gasteiger partial charge in [-0.25, -0.2) is 0 Å². The lowest BCUT2D eigenvalue weighted by Gasteiger charge is -2.09. The second kappa shape index (κ2) is 8.05. The fourth-order valence-corrected chi connectivity index (χ4v) is 5.24. The van der Waals surface area contributed by atoms with Crippen molar-refractivity contribution in [1.29, 1.82) is 0 Å². The number of hydrogen-bond donors (Lipinski definition) is 2. The van der Waals surface area contributed by atoms with E-state index in [9.17, 15) is 9.90 Å². The van der Waals surface area contributed by atoms with E-state index in [-0.39, 0.29) is 11.7 Å². The van der Waals surface area contributed by atoms with E-state index in [1.54, 1.807) is 12.1 Å². The molecule has 0 bridgehead atoms. The first-order chi connectivity index (χ1) is 9.65. The number of carbonyl (C=O) groups excluding carboxylic acids is 1. The zero-order valence-corrected chi connectivity index (χ0v) is 13.5. The molecule has 110 valence electrons. The Morgan fingerprint density at radius 2 is 2.30 bits per heavy atom. The van der Waals surface area contributed by atoms with Gasteiger partial charge in [-0.15, -0.1) is 0 Å². The molecule has 1 fully saturated rings. The van der Waals surface area contributed by atoms with Crippen molar-refractivity contribution in [3.63, 3.8) is 0 Å². The Morgan fingerprint density at radius 3 is 3.05 bits per heavy atom. The van der Waals surface area contributed by atoms with Crippen LogP contribution < -0.4 is 5.32 Å². The van der Waals surface area contributed by atoms with Gasteiger partial charge in [0, 0.05) is 22.4 Å². The summed E-state index contributed by atoms with van der Waals surface area (Å²) in [6.45, 7) is 0. The summed E-state index contributed by atoms with van der Waals surface area (Å²) < 4.78 is 0. The Morgan fingerprint density at radius 1 is 1.45 bits per heavy atom. The predicted molar refractivity (Wildman–Crippen MR) is 88.7 cm³/mol. The van der Waals surface area contributed by atoms with Crippen molar-refractivity contribution >= 4 is 44.8 Å². The summed E-state index contributed by atoms with van der Waals surface area (Å²) in [6, 6.07) is 4.62. The average Bonchev–Trinajstić information content (AvgIpc) is 2.92. The molecule has 0 saturated carbocycles. The second-order valence-corrected chi connectivity index (χ2v) is 8.01. The molecule has 1 heterocycles. The minimum absolute atomic E-state index is 0.0436. The van der Waals surface area contributed by atoms with Crippen LogP contribution in [0.1, 0.15) is 32.1 Å². The maximum atomic E-state index is 11.8. The van der Waals surface area contributed by atoms with Crippen molar-refractivity contribution in [2.75, 3.05) is 11.1 Å². The normalized spacial score (nSPS) is 18.1. The molecule has 20 heavy (non-hydrogen) atoms. The molecule has 1 atom stereocenters. The molecule has 1 saturated heterocycles. The molecular weight excluding hydrogens is 314 g/mol. The van der Waals surface area contributed by atoms with Crippen molar-refractivity contribution in [1.82, 2.24) is 0 Å². The summed E-state index contributed by atoms with van der Waals surface area (Å²) in [4.78, 5) is 11.8. The van der Waals surface area contributed by atoms with Crippen LogP contribution in [-0.4, -0.2) is 22.0 Å². The van der Waals surface area contributed by atoms with Gasteiger partial charge in [-0.2, -0.15) is 0 Å². The third-order valence-electron chi connectivity index (χ3n) is 3.14. The van der Waals surface area contributed by atoms with Crippen LogP contribution in [0.15, 0.2) is 18.2 Å². The number of anilines is 1. The summed E-state index contributed by atoms with van der Waals surface area (Å²) in [5.41, 5.74) is 0.380. The van der Waals surface area contributed by atoms with Crippen molar-refractivity contribution in [3.05, 3.63) is 23.2 Å². The van der Waals surface area contributed by atoms with Crippen molar-refractivity contribution < 1.29 is 9.90 Å². The molecule has 1 aromatic rings. The highest BCUT2D eigenvalue weighted by molar-refractivity contribution is 8.77. The van der Waals surface area contributed by atoms with Crippen LogP contribution in [0, 0.1) is 0 Å². The Kier molecular flexibility index (Phi) is 6.39. The van der Waals surface area contributed by atoms with Crippen LogP contribution >= 0.6 is 33.2 Å². The van der Waals surface area contributed by atoms with Gasteiger partial charge >= 0.3 is 0 Å². The zero-order chi connectivity index (χ0) is 14.4. The Hall–Kier alpha value is -0.520. The summed E-state index contributed by atoms with van der Waals surface area (Å²) in [6.07, 6.45) is 4.92. The first kappa shape index (κ1) is 15.9. The second-order valence-electron chi connectivity index (χ2n) is 4.78. The lowest BCUT2D eigenvalue weighted by Crippen LogP contribution is -2.11. The molecule has 0 radical (unpaired) electrons. The molecule has 0 aliphatic carbocycles. The van der Waals surface area contributed by atoms with Crippen molar-refractivity contribution in [3.8, 4) is 5.75 Å². The van der Waals surface area contributed by atoms with Crippen LogP contribution in [-0.2, 0) is 4.79 Å². The largest absolute Gasteiger partial charge is 0.506 e. The number of hydrogen-bond acceptors (Lipinski definition) is 4. The summed E-state index contributed by atoms with van der Waals surface area (Å²) in [5, 5.41) is 13.6. The molecule has 3 nitrogen and oxygen atoms in total. The molecule has 0 spiro atoms. The van der Waals surface area contributed by atoms with Gasteiger partial charge in [0.25, 0.3) is 0 Å². The van der Waals surface area contributed by atoms with Crippen LogP contribution in [0.2, 0.25) is 5.02 Å². The highest BCUT2D eigenvalue weighted by Gasteiger charge is 2.16. The number of benzene rings is 1. The van der Waals surface area contributed by atoms with Crippen LogP contribution in [0.3, 0.4) is 0 Å². The number of carbonyl (C=O) groups is 1. The first-order valence-corrected chi connectivity index (χ1v) is 9.48. The topological polar surface area (TPSA) is 49.3 Å². The summed E-state index contributed by atoms with van der Waals surface area (Å²) >= 11 is 5.83. The quantitative estimate of drug-likeness (QED) is 0.450. The van der Waals surface area contributed by atoms with E-state index in [4.69, 9.17) is 11.6 Å². The lowest BCUT2D eigenvalue weighted by atomic mass is 10.1. The SMILES string of the molecule is O=C(CCCCC1CCSS1)Nc1cc(Cl)ccc1O. The monoisotopic (exact) mass is 331 g/mol. The fraction of sp³-hybridized carbons (Fsp3) is 0.500. The number of rotatable bonds is 6. The first-order valence-electron chi connectivity index (χ1n) is 6.72. The highest BCUT2D eigenvalue weighted by Crippen LogP contribution is 2.39. The lowest BCUT2D eigenvalue weighted by molar-refractivity contribution is -0.116. The molecule has 1 aliphatic rings. The van der Waals surface area contributed by atoms with Gasteiger partial charge in [0.05, 0.1) is 5.69 Å². The molecule has 1 aromatic carbocycles. The molecule has 1 amide bonds. The number of aromatic hydroxyl groups is 1. The van der Waals surface area contributed by atoms with E-state index in [0.29, 0.717) is 17.1 Å². The third-order valence-corrected chi connectivity index (χ3v) is 6.38. The molecule has 1 aliphatic heterocycles. The van der Waals surface area contributed by atoms with Crippen LogP contribution in [0.25, 0.3) is 0 Å². The van der Waals surface area contributed by atoms with Crippen molar-refractivity contribution in [2.45, 2.75) is 37.4 Å². The van der Waals surface area contributed by atoms with Gasteiger partial charge in [-0.05, 0) is 37.5 Å². The smallest absolute Gasteiger partial charge is 0.224 e.